The van der Waals surface area contributed by atoms with E-state index in [2.05, 4.69) is 4.98 Å². The number of nitrogens with zero attached hydrogens (tertiary/aromatic N) is 1. The Hall–Kier alpha value is -1.88. The minimum absolute atomic E-state index is 0.255. The molecule has 0 saturated heterocycles. The van der Waals surface area contributed by atoms with Gasteiger partial charge in [0.05, 0.1) is 4.90 Å². The minimum atomic E-state index is -3.22. The molecule has 0 N–H and O–H groups in total. The number of benzene rings is 1. The number of sulfone groups is 1. The van der Waals surface area contributed by atoms with E-state index in [9.17, 15) is 8.42 Å². The molecule has 0 aliphatic carbocycles. The highest BCUT2D eigenvalue weighted by Gasteiger charge is 2.11. The van der Waals surface area contributed by atoms with Gasteiger partial charge in [-0.1, -0.05) is 23.8 Å². The van der Waals surface area contributed by atoms with Gasteiger partial charge in [0.25, 0.3) is 0 Å². The number of rotatable bonds is 4. The van der Waals surface area contributed by atoms with Crippen LogP contribution >= 0.6 is 0 Å². The molecule has 5 heteroatoms. The zero-order chi connectivity index (χ0) is 14.8. The van der Waals surface area contributed by atoms with Crippen molar-refractivity contribution in [2.75, 3.05) is 6.26 Å². The fraction of sp³-hybridized carbons (Fsp3) is 0.267. The standard InChI is InChI=1S/C15H17NO3S/c1-4-11(2)6-5-7-15-16-13-10-12(20(3,17)18)8-9-14(13)19-15/h4-6,8-10H,7H2,1-3H3/b6-5-,11-4-. The topological polar surface area (TPSA) is 60.2 Å². The van der Waals surface area contributed by atoms with Gasteiger partial charge in [-0.2, -0.15) is 0 Å². The molecule has 0 aliphatic rings. The molecule has 0 atom stereocenters. The van der Waals surface area contributed by atoms with Crippen LogP contribution in [-0.4, -0.2) is 19.7 Å². The van der Waals surface area contributed by atoms with Gasteiger partial charge >= 0.3 is 0 Å². The molecule has 106 valence electrons. The maximum absolute atomic E-state index is 11.5. The van der Waals surface area contributed by atoms with Crippen LogP contribution in [0.2, 0.25) is 0 Å². The van der Waals surface area contributed by atoms with E-state index in [1.165, 1.54) is 17.9 Å². The van der Waals surface area contributed by atoms with Crippen LogP contribution in [-0.2, 0) is 16.3 Å². The smallest absolute Gasteiger partial charge is 0.199 e. The average molecular weight is 291 g/mol. The Balaban J connectivity index is 2.28. The molecule has 1 aromatic carbocycles. The summed E-state index contributed by atoms with van der Waals surface area (Å²) in [6.45, 7) is 3.99. The van der Waals surface area contributed by atoms with E-state index in [4.69, 9.17) is 4.42 Å². The van der Waals surface area contributed by atoms with E-state index in [1.807, 2.05) is 32.1 Å². The third-order valence-electron chi connectivity index (χ3n) is 2.96. The number of aromatic nitrogens is 1. The largest absolute Gasteiger partial charge is 0.440 e. The van der Waals surface area contributed by atoms with Gasteiger partial charge in [-0.25, -0.2) is 13.4 Å². The third-order valence-corrected chi connectivity index (χ3v) is 4.07. The molecule has 0 unspecified atom stereocenters. The van der Waals surface area contributed by atoms with Crippen molar-refractivity contribution in [1.29, 1.82) is 0 Å². The van der Waals surface area contributed by atoms with Crippen LogP contribution in [0.5, 0.6) is 0 Å². The Morgan fingerprint density at radius 2 is 2.15 bits per heavy atom. The number of hydrogen-bond donors (Lipinski definition) is 0. The molecule has 0 aliphatic heterocycles. The number of allylic oxidation sites excluding steroid dienone is 4. The molecular formula is C15H17NO3S. The van der Waals surface area contributed by atoms with Gasteiger partial charge in [-0.15, -0.1) is 0 Å². The lowest BCUT2D eigenvalue weighted by Gasteiger charge is -1.95. The fourth-order valence-electron chi connectivity index (χ4n) is 1.71. The molecule has 0 saturated carbocycles. The lowest BCUT2D eigenvalue weighted by atomic mass is 10.2. The van der Waals surface area contributed by atoms with Gasteiger partial charge < -0.3 is 4.42 Å². The lowest BCUT2D eigenvalue weighted by Crippen LogP contribution is -1.96. The predicted octanol–water partition coefficient (Wildman–Crippen LogP) is 3.30. The Morgan fingerprint density at radius 1 is 1.40 bits per heavy atom. The van der Waals surface area contributed by atoms with Crippen LogP contribution in [0.25, 0.3) is 11.1 Å². The normalized spacial score (nSPS) is 13.4. The summed E-state index contributed by atoms with van der Waals surface area (Å²) in [5.74, 6) is 0.575. The summed E-state index contributed by atoms with van der Waals surface area (Å²) in [5.41, 5.74) is 2.34. The zero-order valence-electron chi connectivity index (χ0n) is 11.8. The molecule has 2 rings (SSSR count). The highest BCUT2D eigenvalue weighted by molar-refractivity contribution is 7.90. The number of fused-ring (bicyclic) bond motifs is 1. The van der Waals surface area contributed by atoms with Gasteiger partial charge in [-0.05, 0) is 32.0 Å². The van der Waals surface area contributed by atoms with Crippen LogP contribution in [0.4, 0.5) is 0 Å². The molecule has 1 heterocycles. The second kappa shape index (κ2) is 5.63. The third kappa shape index (κ3) is 3.36. The van der Waals surface area contributed by atoms with Crippen molar-refractivity contribution in [1.82, 2.24) is 4.98 Å². The molecule has 0 amide bonds. The number of oxazole rings is 1. The second-order valence-corrected chi connectivity index (χ2v) is 6.66. The second-order valence-electron chi connectivity index (χ2n) is 4.65. The Morgan fingerprint density at radius 3 is 2.80 bits per heavy atom. The Labute approximate surface area is 118 Å². The van der Waals surface area contributed by atoms with Crippen molar-refractivity contribution >= 4 is 20.9 Å². The van der Waals surface area contributed by atoms with Crippen LogP contribution in [0.15, 0.2) is 51.3 Å². The summed E-state index contributed by atoms with van der Waals surface area (Å²) in [4.78, 5) is 4.56. The quantitative estimate of drug-likeness (QED) is 0.811. The van der Waals surface area contributed by atoms with E-state index in [-0.39, 0.29) is 4.90 Å². The monoisotopic (exact) mass is 291 g/mol. The Bertz CT molecular complexity index is 783. The van der Waals surface area contributed by atoms with E-state index in [0.29, 0.717) is 23.4 Å². The molecule has 0 radical (unpaired) electrons. The molecule has 20 heavy (non-hydrogen) atoms. The van der Waals surface area contributed by atoms with Crippen LogP contribution in [0, 0.1) is 0 Å². The first-order valence-corrected chi connectivity index (χ1v) is 8.18. The maximum Gasteiger partial charge on any atom is 0.199 e. The maximum atomic E-state index is 11.5. The first-order chi connectivity index (χ1) is 9.40. The van der Waals surface area contributed by atoms with Gasteiger partial charge in [0.1, 0.15) is 5.52 Å². The van der Waals surface area contributed by atoms with Crippen LogP contribution < -0.4 is 0 Å². The lowest BCUT2D eigenvalue weighted by molar-refractivity contribution is 0.546. The first-order valence-electron chi connectivity index (χ1n) is 6.29. The summed E-state index contributed by atoms with van der Waals surface area (Å²) < 4.78 is 28.5. The number of hydrogen-bond acceptors (Lipinski definition) is 4. The molecule has 4 nitrogen and oxygen atoms in total. The van der Waals surface area contributed by atoms with Crippen molar-refractivity contribution < 1.29 is 12.8 Å². The zero-order valence-corrected chi connectivity index (χ0v) is 12.6. The summed E-state index contributed by atoms with van der Waals surface area (Å²) in [6.07, 6.45) is 7.74. The van der Waals surface area contributed by atoms with Crippen molar-refractivity contribution in [3.05, 3.63) is 47.9 Å². The summed E-state index contributed by atoms with van der Waals surface area (Å²) in [5, 5.41) is 0. The molecule has 0 fully saturated rings. The van der Waals surface area contributed by atoms with Gasteiger partial charge in [0.2, 0.25) is 0 Å². The molecule has 2 aromatic rings. The van der Waals surface area contributed by atoms with Crippen LogP contribution in [0.1, 0.15) is 19.7 Å². The summed E-state index contributed by atoms with van der Waals surface area (Å²) in [7, 11) is -3.22. The minimum Gasteiger partial charge on any atom is -0.440 e. The van der Waals surface area contributed by atoms with Gasteiger partial charge in [0, 0.05) is 12.7 Å². The van der Waals surface area contributed by atoms with E-state index in [1.54, 1.807) is 12.1 Å². The first kappa shape index (κ1) is 14.5. The van der Waals surface area contributed by atoms with Crippen molar-refractivity contribution in [3.8, 4) is 0 Å². The predicted molar refractivity (Wildman–Crippen MR) is 79.4 cm³/mol. The highest BCUT2D eigenvalue weighted by Crippen LogP contribution is 2.20. The van der Waals surface area contributed by atoms with Crippen molar-refractivity contribution in [3.63, 3.8) is 0 Å². The molecule has 0 spiro atoms. The van der Waals surface area contributed by atoms with Crippen molar-refractivity contribution in [2.45, 2.75) is 25.2 Å². The van der Waals surface area contributed by atoms with E-state index >= 15 is 0 Å². The van der Waals surface area contributed by atoms with Gasteiger partial charge in [0.15, 0.2) is 21.3 Å². The highest BCUT2D eigenvalue weighted by atomic mass is 32.2. The summed E-state index contributed by atoms with van der Waals surface area (Å²) >= 11 is 0. The van der Waals surface area contributed by atoms with Crippen molar-refractivity contribution in [2.24, 2.45) is 0 Å². The Kier molecular flexibility index (Phi) is 4.09. The van der Waals surface area contributed by atoms with Crippen LogP contribution in [0.3, 0.4) is 0 Å². The SMILES string of the molecule is C/C=C(C)\C=C/Cc1nc2cc(S(C)(=O)=O)ccc2o1. The molecular weight excluding hydrogens is 274 g/mol. The van der Waals surface area contributed by atoms with Gasteiger partial charge in [-0.3, -0.25) is 0 Å². The molecule has 1 aromatic heterocycles. The van der Waals surface area contributed by atoms with E-state index < -0.39 is 9.84 Å². The van der Waals surface area contributed by atoms with E-state index in [0.717, 1.165) is 0 Å². The molecule has 0 bridgehead atoms. The average Bonchev–Trinajstić information content (AvgIpc) is 2.78. The summed E-state index contributed by atoms with van der Waals surface area (Å²) in [6, 6.07) is 4.72. The fourth-order valence-corrected chi connectivity index (χ4v) is 2.36.